The minimum absolute atomic E-state index is 0.272. The molecule has 0 radical (unpaired) electrons. The lowest BCUT2D eigenvalue weighted by atomic mass is 10.3. The smallest absolute Gasteiger partial charge is 0.277 e. The standard InChI is InChI=1S/C10H11ClN2O2S/c1-6(16-10(12)15)9(14)13-8-4-2-7(11)3-5-8/h2-6H,1H3,(H2,12,15)(H,13,14). The molecule has 3 N–H and O–H groups in total. The van der Waals surface area contributed by atoms with Crippen LogP contribution in [0.2, 0.25) is 5.02 Å². The molecule has 16 heavy (non-hydrogen) atoms. The summed E-state index contributed by atoms with van der Waals surface area (Å²) in [5.41, 5.74) is 5.60. The van der Waals surface area contributed by atoms with Gasteiger partial charge in [-0.05, 0) is 31.2 Å². The fraction of sp³-hybridized carbons (Fsp3) is 0.200. The number of hydrogen-bond donors (Lipinski definition) is 2. The zero-order chi connectivity index (χ0) is 12.1. The summed E-state index contributed by atoms with van der Waals surface area (Å²) < 4.78 is 0. The quantitative estimate of drug-likeness (QED) is 0.875. The Morgan fingerprint density at radius 1 is 1.38 bits per heavy atom. The lowest BCUT2D eigenvalue weighted by molar-refractivity contribution is -0.115. The Morgan fingerprint density at radius 2 is 1.94 bits per heavy atom. The van der Waals surface area contributed by atoms with E-state index in [1.165, 1.54) is 0 Å². The number of anilines is 1. The normalized spacial score (nSPS) is 11.9. The molecule has 0 saturated heterocycles. The second-order valence-corrected chi connectivity index (χ2v) is 4.86. The maximum Gasteiger partial charge on any atom is 0.277 e. The van der Waals surface area contributed by atoms with E-state index >= 15 is 0 Å². The van der Waals surface area contributed by atoms with E-state index in [4.69, 9.17) is 17.3 Å². The maximum absolute atomic E-state index is 11.6. The number of nitrogens with one attached hydrogen (secondary N) is 1. The van der Waals surface area contributed by atoms with E-state index in [-0.39, 0.29) is 5.91 Å². The number of carbonyl (C=O) groups excluding carboxylic acids is 2. The van der Waals surface area contributed by atoms with Crippen LogP contribution < -0.4 is 11.1 Å². The van der Waals surface area contributed by atoms with Gasteiger partial charge in [-0.25, -0.2) is 0 Å². The second kappa shape index (κ2) is 5.77. The van der Waals surface area contributed by atoms with E-state index in [2.05, 4.69) is 5.32 Å². The molecule has 1 atom stereocenters. The summed E-state index contributed by atoms with van der Waals surface area (Å²) in [5.74, 6) is -0.272. The Balaban J connectivity index is 2.57. The van der Waals surface area contributed by atoms with Gasteiger partial charge in [0.1, 0.15) is 0 Å². The first-order valence-corrected chi connectivity index (χ1v) is 5.77. The molecule has 0 bridgehead atoms. The van der Waals surface area contributed by atoms with E-state index in [0.717, 1.165) is 11.8 Å². The van der Waals surface area contributed by atoms with Crippen molar-refractivity contribution >= 4 is 40.2 Å². The highest BCUT2D eigenvalue weighted by atomic mass is 35.5. The lowest BCUT2D eigenvalue weighted by Crippen LogP contribution is -2.24. The molecule has 4 nitrogen and oxygen atoms in total. The van der Waals surface area contributed by atoms with Crippen LogP contribution >= 0.6 is 23.4 Å². The zero-order valence-corrected chi connectivity index (χ0v) is 10.1. The number of hydrogen-bond acceptors (Lipinski definition) is 3. The van der Waals surface area contributed by atoms with Crippen molar-refractivity contribution < 1.29 is 9.59 Å². The second-order valence-electron chi connectivity index (χ2n) is 3.08. The van der Waals surface area contributed by atoms with Crippen molar-refractivity contribution in [1.82, 2.24) is 0 Å². The number of benzene rings is 1. The molecule has 1 aromatic rings. The first-order valence-electron chi connectivity index (χ1n) is 4.51. The molecule has 0 aromatic heterocycles. The van der Waals surface area contributed by atoms with Gasteiger partial charge in [0, 0.05) is 10.7 Å². The van der Waals surface area contributed by atoms with E-state index in [1.807, 2.05) is 0 Å². The van der Waals surface area contributed by atoms with E-state index in [9.17, 15) is 9.59 Å². The van der Waals surface area contributed by atoms with Gasteiger partial charge < -0.3 is 11.1 Å². The average Bonchev–Trinajstić information content (AvgIpc) is 2.20. The van der Waals surface area contributed by atoms with Crippen LogP contribution in [-0.2, 0) is 4.79 Å². The van der Waals surface area contributed by atoms with Gasteiger partial charge in [0.2, 0.25) is 5.91 Å². The highest BCUT2D eigenvalue weighted by Gasteiger charge is 2.15. The average molecular weight is 259 g/mol. The van der Waals surface area contributed by atoms with Gasteiger partial charge in [-0.3, -0.25) is 9.59 Å². The lowest BCUT2D eigenvalue weighted by Gasteiger charge is -2.09. The Hall–Kier alpha value is -1.20. The number of amides is 2. The molecule has 0 saturated carbocycles. The molecule has 1 unspecified atom stereocenters. The van der Waals surface area contributed by atoms with Gasteiger partial charge in [-0.15, -0.1) is 0 Å². The van der Waals surface area contributed by atoms with Crippen molar-refractivity contribution in [2.24, 2.45) is 5.73 Å². The van der Waals surface area contributed by atoms with Gasteiger partial charge in [0.05, 0.1) is 5.25 Å². The summed E-state index contributed by atoms with van der Waals surface area (Å²) in [6.45, 7) is 1.61. The predicted octanol–water partition coefficient (Wildman–Crippen LogP) is 2.48. The third-order valence-corrected chi connectivity index (χ3v) is 2.83. The minimum atomic E-state index is -0.571. The van der Waals surface area contributed by atoms with E-state index in [1.54, 1.807) is 31.2 Å². The van der Waals surface area contributed by atoms with Crippen LogP contribution in [0.1, 0.15) is 6.92 Å². The molecule has 0 aliphatic rings. The van der Waals surface area contributed by atoms with Crippen LogP contribution in [0.4, 0.5) is 10.5 Å². The first kappa shape index (κ1) is 12.9. The van der Waals surface area contributed by atoms with Gasteiger partial charge in [0.25, 0.3) is 5.24 Å². The van der Waals surface area contributed by atoms with Crippen LogP contribution in [0, 0.1) is 0 Å². The molecule has 6 heteroatoms. The van der Waals surface area contributed by atoms with E-state index in [0.29, 0.717) is 10.7 Å². The van der Waals surface area contributed by atoms with Crippen LogP contribution in [0.5, 0.6) is 0 Å². The Kier molecular flexibility index (Phi) is 4.64. The van der Waals surface area contributed by atoms with Crippen molar-refractivity contribution in [3.8, 4) is 0 Å². The summed E-state index contributed by atoms with van der Waals surface area (Å²) in [6, 6.07) is 6.70. The van der Waals surface area contributed by atoms with Crippen LogP contribution in [-0.4, -0.2) is 16.4 Å². The van der Waals surface area contributed by atoms with Gasteiger partial charge in [-0.2, -0.15) is 0 Å². The molecule has 1 rings (SSSR count). The number of rotatable bonds is 3. The maximum atomic E-state index is 11.6. The third kappa shape index (κ3) is 4.12. The Morgan fingerprint density at radius 3 is 2.44 bits per heavy atom. The molecule has 1 aromatic carbocycles. The summed E-state index contributed by atoms with van der Waals surface area (Å²) in [4.78, 5) is 22.2. The van der Waals surface area contributed by atoms with Gasteiger partial charge in [-0.1, -0.05) is 23.4 Å². The Labute approximate surface area is 103 Å². The van der Waals surface area contributed by atoms with Gasteiger partial charge >= 0.3 is 0 Å². The molecule has 0 fully saturated rings. The minimum Gasteiger partial charge on any atom is -0.360 e. The number of thioether (sulfide) groups is 1. The molecular weight excluding hydrogens is 248 g/mol. The SMILES string of the molecule is CC(SC(N)=O)C(=O)Nc1ccc(Cl)cc1. The molecular formula is C10H11ClN2O2S. The van der Waals surface area contributed by atoms with Crippen LogP contribution in [0.3, 0.4) is 0 Å². The van der Waals surface area contributed by atoms with Crippen LogP contribution in [0.25, 0.3) is 0 Å². The molecule has 2 amide bonds. The molecule has 0 aliphatic carbocycles. The largest absolute Gasteiger partial charge is 0.360 e. The van der Waals surface area contributed by atoms with Gasteiger partial charge in [0.15, 0.2) is 0 Å². The molecule has 86 valence electrons. The predicted molar refractivity (Wildman–Crippen MR) is 66.7 cm³/mol. The molecule has 0 aliphatic heterocycles. The summed E-state index contributed by atoms with van der Waals surface area (Å²) in [7, 11) is 0. The monoisotopic (exact) mass is 258 g/mol. The third-order valence-electron chi connectivity index (χ3n) is 1.77. The zero-order valence-electron chi connectivity index (χ0n) is 8.57. The molecule has 0 spiro atoms. The first-order chi connectivity index (χ1) is 7.49. The van der Waals surface area contributed by atoms with Crippen molar-refractivity contribution in [3.05, 3.63) is 29.3 Å². The fourth-order valence-electron chi connectivity index (χ4n) is 1.00. The van der Waals surface area contributed by atoms with E-state index < -0.39 is 10.5 Å². The van der Waals surface area contributed by atoms with Crippen LogP contribution in [0.15, 0.2) is 24.3 Å². The molecule has 0 heterocycles. The number of halogens is 1. The summed E-state index contributed by atoms with van der Waals surface area (Å²) in [6.07, 6.45) is 0. The number of nitrogens with two attached hydrogens (primary N) is 1. The number of carbonyl (C=O) groups is 2. The number of primary amides is 1. The van der Waals surface area contributed by atoms with Crippen molar-refractivity contribution in [3.63, 3.8) is 0 Å². The topological polar surface area (TPSA) is 72.2 Å². The Bertz CT molecular complexity index is 394. The van der Waals surface area contributed by atoms with Crippen molar-refractivity contribution in [1.29, 1.82) is 0 Å². The highest BCUT2D eigenvalue weighted by molar-refractivity contribution is 8.14. The van der Waals surface area contributed by atoms with Crippen molar-refractivity contribution in [2.75, 3.05) is 5.32 Å². The summed E-state index contributed by atoms with van der Waals surface area (Å²) in [5, 5.41) is 2.15. The summed E-state index contributed by atoms with van der Waals surface area (Å²) >= 11 is 6.49. The fourth-order valence-corrected chi connectivity index (χ4v) is 1.65. The van der Waals surface area contributed by atoms with Crippen molar-refractivity contribution in [2.45, 2.75) is 12.2 Å². The highest BCUT2D eigenvalue weighted by Crippen LogP contribution is 2.16.